The van der Waals surface area contributed by atoms with Crippen molar-refractivity contribution in [2.24, 2.45) is 0 Å². The quantitative estimate of drug-likeness (QED) is 0.488. The molecule has 0 bridgehead atoms. The van der Waals surface area contributed by atoms with Crippen LogP contribution in [0.25, 0.3) is 11.7 Å². The van der Waals surface area contributed by atoms with Crippen LogP contribution in [0.2, 0.25) is 0 Å². The minimum Gasteiger partial charge on any atom is -0.385 e. The molecule has 1 saturated carbocycles. The van der Waals surface area contributed by atoms with Gasteiger partial charge in [0.15, 0.2) is 5.65 Å². The van der Waals surface area contributed by atoms with Crippen LogP contribution < -0.4 is 16.0 Å². The lowest BCUT2D eigenvalue weighted by molar-refractivity contribution is -0.115. The van der Waals surface area contributed by atoms with E-state index in [1.54, 1.807) is 17.8 Å². The molecular weight excluding hydrogens is 344 g/mol. The second kappa shape index (κ2) is 7.40. The fraction of sp³-hybridized carbons (Fsp3) is 0.421. The summed E-state index contributed by atoms with van der Waals surface area (Å²) in [7, 11) is 1.70. The molecule has 2 aromatic rings. The number of carbonyl (C=O) groups is 1. The number of nitrogens with one attached hydrogen (secondary N) is 3. The van der Waals surface area contributed by atoms with Crippen LogP contribution in [0, 0.1) is 0 Å². The zero-order valence-corrected chi connectivity index (χ0v) is 15.4. The lowest BCUT2D eigenvalue weighted by Gasteiger charge is -2.11. The number of nitrogens with zero attached hydrogens (tertiary/aromatic N) is 3. The lowest BCUT2D eigenvalue weighted by Crippen LogP contribution is -2.12. The second-order valence-corrected chi connectivity index (χ2v) is 6.96. The molecular formula is C19H24N6O2. The minimum atomic E-state index is -0.107. The Kier molecular flexibility index (Phi) is 4.81. The van der Waals surface area contributed by atoms with Crippen molar-refractivity contribution >= 4 is 29.3 Å². The predicted octanol–water partition coefficient (Wildman–Crippen LogP) is 2.17. The smallest absolute Gasteiger partial charge is 0.251 e. The molecule has 1 amide bonds. The van der Waals surface area contributed by atoms with Crippen LogP contribution in [0.3, 0.4) is 0 Å². The molecule has 0 radical (unpaired) electrons. The van der Waals surface area contributed by atoms with Crippen molar-refractivity contribution in [2.45, 2.75) is 31.7 Å². The molecule has 2 aromatic heterocycles. The molecule has 1 saturated heterocycles. The topological polar surface area (TPSA) is 92.6 Å². The van der Waals surface area contributed by atoms with E-state index in [9.17, 15) is 4.79 Å². The first kappa shape index (κ1) is 17.5. The van der Waals surface area contributed by atoms with Crippen LogP contribution in [0.15, 0.2) is 30.1 Å². The number of amides is 1. The minimum absolute atomic E-state index is 0.107. The number of aromatic nitrogens is 3. The maximum absolute atomic E-state index is 12.0. The van der Waals surface area contributed by atoms with E-state index in [1.165, 1.54) is 12.8 Å². The first-order valence-corrected chi connectivity index (χ1v) is 9.22. The Balaban J connectivity index is 1.67. The number of anilines is 2. The van der Waals surface area contributed by atoms with Crippen LogP contribution in [-0.2, 0) is 9.53 Å². The highest BCUT2D eigenvalue weighted by atomic mass is 16.5. The van der Waals surface area contributed by atoms with E-state index in [0.717, 1.165) is 30.2 Å². The lowest BCUT2D eigenvalue weighted by atomic mass is 10.1. The van der Waals surface area contributed by atoms with Gasteiger partial charge in [0.05, 0.1) is 6.20 Å². The Morgan fingerprint density at radius 1 is 1.48 bits per heavy atom. The predicted molar refractivity (Wildman–Crippen MR) is 104 cm³/mol. The van der Waals surface area contributed by atoms with Gasteiger partial charge in [0.2, 0.25) is 0 Å². The Hall–Kier alpha value is -2.87. The molecule has 27 heavy (non-hydrogen) atoms. The number of fused-ring (bicyclic) bond motifs is 1. The number of carbonyl (C=O) groups excluding carboxylic acids is 1. The van der Waals surface area contributed by atoms with Crippen molar-refractivity contribution < 1.29 is 9.53 Å². The molecule has 0 unspecified atom stereocenters. The van der Waals surface area contributed by atoms with Crippen molar-refractivity contribution in [3.05, 3.63) is 35.7 Å². The van der Waals surface area contributed by atoms with Crippen molar-refractivity contribution in [2.75, 3.05) is 30.9 Å². The largest absolute Gasteiger partial charge is 0.385 e. The van der Waals surface area contributed by atoms with Gasteiger partial charge in [0.1, 0.15) is 11.6 Å². The molecule has 3 heterocycles. The van der Waals surface area contributed by atoms with Crippen LogP contribution in [0.5, 0.6) is 0 Å². The van der Waals surface area contributed by atoms with Gasteiger partial charge < -0.3 is 20.7 Å². The second-order valence-electron chi connectivity index (χ2n) is 6.96. The zero-order chi connectivity index (χ0) is 18.8. The molecule has 1 aliphatic carbocycles. The number of hydrogen-bond acceptors (Lipinski definition) is 6. The molecule has 0 spiro atoms. The van der Waals surface area contributed by atoms with E-state index in [0.29, 0.717) is 36.0 Å². The fourth-order valence-electron chi connectivity index (χ4n) is 3.04. The fourth-order valence-corrected chi connectivity index (χ4v) is 3.04. The van der Waals surface area contributed by atoms with E-state index in [4.69, 9.17) is 9.72 Å². The van der Waals surface area contributed by atoms with E-state index in [2.05, 4.69) is 27.6 Å². The van der Waals surface area contributed by atoms with Gasteiger partial charge in [-0.25, -0.2) is 4.98 Å². The third-order valence-electron chi connectivity index (χ3n) is 4.58. The summed E-state index contributed by atoms with van der Waals surface area (Å²) in [6.45, 7) is 5.29. The van der Waals surface area contributed by atoms with Gasteiger partial charge in [0, 0.05) is 55.6 Å². The average molecular weight is 368 g/mol. The Morgan fingerprint density at radius 3 is 3.04 bits per heavy atom. The summed E-state index contributed by atoms with van der Waals surface area (Å²) in [6, 6.07) is 2.47. The van der Waals surface area contributed by atoms with Gasteiger partial charge in [-0.3, -0.25) is 4.79 Å². The first-order valence-electron chi connectivity index (χ1n) is 9.22. The number of rotatable bonds is 8. The molecule has 4 rings (SSSR count). The summed E-state index contributed by atoms with van der Waals surface area (Å²) in [5, 5.41) is 14.1. The summed E-state index contributed by atoms with van der Waals surface area (Å²) < 4.78 is 6.89. The first-order chi connectivity index (χ1) is 13.1. The SMILES string of the molecule is C=C1C/C(=C\c2cnn3c(NC4CC4)cc(NCCCOC)nc23)C(=O)N1. The van der Waals surface area contributed by atoms with E-state index in [-0.39, 0.29) is 5.91 Å². The Bertz CT molecular complexity index is 912. The van der Waals surface area contributed by atoms with Gasteiger partial charge in [-0.1, -0.05) is 6.58 Å². The molecule has 0 aromatic carbocycles. The van der Waals surface area contributed by atoms with Crippen LogP contribution in [0.1, 0.15) is 31.2 Å². The molecule has 8 nitrogen and oxygen atoms in total. The normalized spacial score (nSPS) is 18.3. The molecule has 1 aliphatic heterocycles. The maximum atomic E-state index is 12.0. The Labute approximate surface area is 157 Å². The Morgan fingerprint density at radius 2 is 2.33 bits per heavy atom. The van der Waals surface area contributed by atoms with E-state index >= 15 is 0 Å². The average Bonchev–Trinajstić information content (AvgIpc) is 3.28. The molecule has 0 atom stereocenters. The third-order valence-corrected chi connectivity index (χ3v) is 4.58. The molecule has 2 aliphatic rings. The number of ether oxygens (including phenoxy) is 1. The van der Waals surface area contributed by atoms with Crippen LogP contribution in [-0.4, -0.2) is 46.8 Å². The zero-order valence-electron chi connectivity index (χ0n) is 15.4. The molecule has 3 N–H and O–H groups in total. The molecule has 2 fully saturated rings. The maximum Gasteiger partial charge on any atom is 0.251 e. The standard InChI is InChI=1S/C19H24N6O2/c1-12-8-13(19(26)22-12)9-14-11-21-25-17(23-15-4-5-15)10-16(24-18(14)25)20-6-3-7-27-2/h9-11,15,23H,1,3-8H2,2H3,(H,20,24)(H,22,26)/b13-9+. The summed E-state index contributed by atoms with van der Waals surface area (Å²) in [6.07, 6.45) is 7.35. The van der Waals surface area contributed by atoms with Crippen molar-refractivity contribution in [3.8, 4) is 0 Å². The third kappa shape index (κ3) is 3.95. The van der Waals surface area contributed by atoms with Gasteiger partial charge in [-0.2, -0.15) is 9.61 Å². The van der Waals surface area contributed by atoms with Crippen molar-refractivity contribution in [1.29, 1.82) is 0 Å². The summed E-state index contributed by atoms with van der Waals surface area (Å²) in [4.78, 5) is 16.7. The molecule has 8 heteroatoms. The summed E-state index contributed by atoms with van der Waals surface area (Å²) in [5.41, 5.74) is 2.92. The number of methoxy groups -OCH3 is 1. The van der Waals surface area contributed by atoms with Gasteiger partial charge in [0.25, 0.3) is 5.91 Å². The number of allylic oxidation sites excluding steroid dienone is 1. The van der Waals surface area contributed by atoms with E-state index < -0.39 is 0 Å². The van der Waals surface area contributed by atoms with Crippen LogP contribution >= 0.6 is 0 Å². The van der Waals surface area contributed by atoms with Gasteiger partial charge >= 0.3 is 0 Å². The highest BCUT2D eigenvalue weighted by molar-refractivity contribution is 6.02. The number of hydrogen-bond donors (Lipinski definition) is 3. The van der Waals surface area contributed by atoms with Gasteiger partial charge in [-0.05, 0) is 25.3 Å². The summed E-state index contributed by atoms with van der Waals surface area (Å²) >= 11 is 0. The summed E-state index contributed by atoms with van der Waals surface area (Å²) in [5.74, 6) is 1.58. The highest BCUT2D eigenvalue weighted by Crippen LogP contribution is 2.28. The highest BCUT2D eigenvalue weighted by Gasteiger charge is 2.24. The monoisotopic (exact) mass is 368 g/mol. The van der Waals surface area contributed by atoms with E-state index in [1.807, 2.05) is 12.1 Å². The van der Waals surface area contributed by atoms with Crippen molar-refractivity contribution in [3.63, 3.8) is 0 Å². The molecule has 142 valence electrons. The van der Waals surface area contributed by atoms with Gasteiger partial charge in [-0.15, -0.1) is 0 Å². The van der Waals surface area contributed by atoms with Crippen molar-refractivity contribution in [1.82, 2.24) is 19.9 Å². The van der Waals surface area contributed by atoms with Crippen LogP contribution in [0.4, 0.5) is 11.6 Å².